The van der Waals surface area contributed by atoms with Crippen LogP contribution < -0.4 is 16.2 Å². The molecule has 0 bridgehead atoms. The van der Waals surface area contributed by atoms with Crippen LogP contribution in [0.3, 0.4) is 0 Å². The lowest BCUT2D eigenvalue weighted by molar-refractivity contribution is -0.142. The first-order valence-electron chi connectivity index (χ1n) is 14.2. The third-order valence-corrected chi connectivity index (χ3v) is 7.79. The van der Waals surface area contributed by atoms with Gasteiger partial charge in [0.05, 0.1) is 6.10 Å². The lowest BCUT2D eigenvalue weighted by atomic mass is 10.1. The van der Waals surface area contributed by atoms with Gasteiger partial charge in [-0.25, -0.2) is 14.2 Å². The van der Waals surface area contributed by atoms with Crippen LogP contribution in [0.1, 0.15) is 55.1 Å². The Hall–Kier alpha value is -3.31. The Morgan fingerprint density at radius 1 is 1.25 bits per heavy atom. The number of hydrogen-bond acceptors (Lipinski definition) is 7. The second kappa shape index (κ2) is 14.4. The number of fused-ring (bicyclic) bond motifs is 2. The molecule has 0 radical (unpaired) electrons. The minimum absolute atomic E-state index is 0.144. The number of nitrogens with zero attached hydrogens (tertiary/aromatic N) is 3. The molecule has 1 amide bonds. The average molecular weight is 558 g/mol. The van der Waals surface area contributed by atoms with Gasteiger partial charge in [-0.3, -0.25) is 9.59 Å². The molecule has 40 heavy (non-hydrogen) atoms. The van der Waals surface area contributed by atoms with E-state index in [2.05, 4.69) is 22.8 Å². The molecule has 11 heteroatoms. The third kappa shape index (κ3) is 7.66. The quantitative estimate of drug-likeness (QED) is 0.285. The predicted molar refractivity (Wildman–Crippen MR) is 149 cm³/mol. The molecule has 4 heterocycles. The van der Waals surface area contributed by atoms with Crippen LogP contribution in [0.5, 0.6) is 0 Å². The van der Waals surface area contributed by atoms with Crippen LogP contribution in [0.25, 0.3) is 0 Å². The highest BCUT2D eigenvalue weighted by atomic mass is 19.1. The molecule has 3 unspecified atom stereocenters. The number of amides is 1. The van der Waals surface area contributed by atoms with E-state index in [0.29, 0.717) is 32.5 Å². The van der Waals surface area contributed by atoms with Crippen molar-refractivity contribution >= 4 is 17.7 Å². The van der Waals surface area contributed by atoms with E-state index < -0.39 is 36.7 Å². The molecule has 3 atom stereocenters. The van der Waals surface area contributed by atoms with Gasteiger partial charge >= 0.3 is 5.97 Å². The maximum Gasteiger partial charge on any atom is 0.326 e. The molecule has 0 spiro atoms. The van der Waals surface area contributed by atoms with E-state index in [-0.39, 0.29) is 12.0 Å². The Morgan fingerprint density at radius 3 is 2.88 bits per heavy atom. The van der Waals surface area contributed by atoms with Gasteiger partial charge < -0.3 is 29.9 Å². The molecule has 2 aromatic rings. The highest BCUT2D eigenvalue weighted by molar-refractivity contribution is 5.86. The zero-order valence-electron chi connectivity index (χ0n) is 23.1. The standard InChI is InChI=1S/C29H40FN5O5/c1-40-23(18-30)19-34(16-3-2-7-21-11-10-20-6-5-15-31-27(20)32-21)17-14-24(29(38)39)33-28(37)25-13-12-22-8-4-9-26(36)35(22)25/h4,8-11,23-25H,2-3,5-7,12-19H2,1H3,(H,31,32)(H,33,37)(H,38,39). The van der Waals surface area contributed by atoms with Gasteiger partial charge in [0.15, 0.2) is 0 Å². The molecular weight excluding hydrogens is 517 g/mol. The second-order valence-corrected chi connectivity index (χ2v) is 10.6. The molecule has 4 rings (SSSR count). The van der Waals surface area contributed by atoms with Crippen molar-refractivity contribution in [2.45, 2.75) is 69.6 Å². The maximum atomic E-state index is 13.4. The Balaban J connectivity index is 1.31. The molecule has 0 saturated carbocycles. The first-order chi connectivity index (χ1) is 19.4. The largest absolute Gasteiger partial charge is 0.480 e. The number of methoxy groups -OCH3 is 1. The van der Waals surface area contributed by atoms with Gasteiger partial charge in [0.2, 0.25) is 5.91 Å². The number of carbonyl (C=O) groups excluding carboxylic acids is 1. The van der Waals surface area contributed by atoms with Crippen LogP contribution in [-0.4, -0.2) is 83.5 Å². The van der Waals surface area contributed by atoms with E-state index in [1.165, 1.54) is 23.3 Å². The van der Waals surface area contributed by atoms with Gasteiger partial charge in [-0.05, 0) is 75.6 Å². The fourth-order valence-corrected chi connectivity index (χ4v) is 5.52. The number of nitrogens with one attached hydrogen (secondary N) is 2. The molecule has 218 valence electrons. The van der Waals surface area contributed by atoms with Gasteiger partial charge in [-0.15, -0.1) is 0 Å². The van der Waals surface area contributed by atoms with Crippen molar-refractivity contribution in [1.29, 1.82) is 0 Å². The van der Waals surface area contributed by atoms with Crippen LogP contribution in [0.2, 0.25) is 0 Å². The van der Waals surface area contributed by atoms with Gasteiger partial charge in [-0.1, -0.05) is 12.1 Å². The maximum absolute atomic E-state index is 13.4. The summed E-state index contributed by atoms with van der Waals surface area (Å²) < 4.78 is 20.1. The molecule has 3 N–H and O–H groups in total. The summed E-state index contributed by atoms with van der Waals surface area (Å²) in [5, 5.41) is 15.8. The van der Waals surface area contributed by atoms with E-state index in [9.17, 15) is 23.9 Å². The number of alkyl halides is 1. The number of aliphatic carboxylic acids is 1. The molecule has 0 aromatic carbocycles. The number of anilines is 1. The van der Waals surface area contributed by atoms with Crippen molar-refractivity contribution in [3.63, 3.8) is 0 Å². The topological polar surface area (TPSA) is 126 Å². The molecule has 2 aliphatic heterocycles. The van der Waals surface area contributed by atoms with E-state index in [1.54, 1.807) is 12.1 Å². The first-order valence-corrected chi connectivity index (χ1v) is 14.2. The Bertz CT molecular complexity index is 1220. The Morgan fingerprint density at radius 2 is 2.10 bits per heavy atom. The zero-order valence-corrected chi connectivity index (χ0v) is 23.1. The van der Waals surface area contributed by atoms with Gasteiger partial charge in [0.1, 0.15) is 24.6 Å². The highest BCUT2D eigenvalue weighted by Gasteiger charge is 2.32. The number of aromatic nitrogens is 2. The molecule has 2 aromatic heterocycles. The van der Waals surface area contributed by atoms with Crippen molar-refractivity contribution in [3.8, 4) is 0 Å². The second-order valence-electron chi connectivity index (χ2n) is 10.6. The van der Waals surface area contributed by atoms with Gasteiger partial charge in [0.25, 0.3) is 5.56 Å². The molecule has 0 saturated heterocycles. The van der Waals surface area contributed by atoms with Crippen LogP contribution in [-0.2, 0) is 33.6 Å². The van der Waals surface area contributed by atoms with Crippen LogP contribution in [0.4, 0.5) is 10.2 Å². The smallest absolute Gasteiger partial charge is 0.326 e. The minimum Gasteiger partial charge on any atom is -0.480 e. The summed E-state index contributed by atoms with van der Waals surface area (Å²) in [6.45, 7) is 1.60. The molecule has 10 nitrogen and oxygen atoms in total. The summed E-state index contributed by atoms with van der Waals surface area (Å²) in [7, 11) is 1.46. The molecule has 2 aliphatic rings. The highest BCUT2D eigenvalue weighted by Crippen LogP contribution is 2.24. The van der Waals surface area contributed by atoms with Crippen LogP contribution in [0.15, 0.2) is 35.1 Å². The third-order valence-electron chi connectivity index (χ3n) is 7.79. The summed E-state index contributed by atoms with van der Waals surface area (Å²) in [6.07, 6.45) is 5.24. The first kappa shape index (κ1) is 29.7. The van der Waals surface area contributed by atoms with E-state index >= 15 is 0 Å². The van der Waals surface area contributed by atoms with Gasteiger partial charge in [-0.2, -0.15) is 0 Å². The minimum atomic E-state index is -1.15. The molecule has 0 fully saturated rings. The van der Waals surface area contributed by atoms with E-state index in [0.717, 1.165) is 55.9 Å². The number of aryl methyl sites for hydroxylation is 3. The average Bonchev–Trinajstić information content (AvgIpc) is 3.41. The number of carboxylic acid groups (broad SMARTS) is 1. The summed E-state index contributed by atoms with van der Waals surface area (Å²) in [5.41, 5.74) is 2.78. The Kier molecular flexibility index (Phi) is 10.7. The number of hydrogen-bond donors (Lipinski definition) is 3. The predicted octanol–water partition coefficient (Wildman–Crippen LogP) is 2.36. The number of carboxylic acids is 1. The number of pyridine rings is 2. The van der Waals surface area contributed by atoms with Crippen LogP contribution >= 0.6 is 0 Å². The lowest BCUT2D eigenvalue weighted by Crippen LogP contribution is -2.47. The summed E-state index contributed by atoms with van der Waals surface area (Å²) in [5.74, 6) is -0.645. The SMILES string of the molecule is COC(CF)CN(CCCCc1ccc2c(n1)NCCC2)CCC(NC(=O)C1CCc2cccc(=O)n21)C(=O)O. The normalized spacial score (nSPS) is 17.5. The monoisotopic (exact) mass is 557 g/mol. The summed E-state index contributed by atoms with van der Waals surface area (Å²) in [4.78, 5) is 44.1. The number of halogens is 1. The van der Waals surface area contributed by atoms with Crippen LogP contribution in [0, 0.1) is 0 Å². The van der Waals surface area contributed by atoms with Crippen molar-refractivity contribution in [2.75, 3.05) is 45.3 Å². The zero-order chi connectivity index (χ0) is 28.5. The summed E-state index contributed by atoms with van der Waals surface area (Å²) in [6, 6.07) is 7.23. The fraction of sp³-hybridized carbons (Fsp3) is 0.586. The molecule has 0 aliphatic carbocycles. The van der Waals surface area contributed by atoms with E-state index in [4.69, 9.17) is 9.72 Å². The molecular formula is C29H40FN5O5. The number of ether oxygens (including phenoxy) is 1. The fourth-order valence-electron chi connectivity index (χ4n) is 5.52. The van der Waals surface area contributed by atoms with Crippen molar-refractivity contribution in [3.05, 3.63) is 57.6 Å². The summed E-state index contributed by atoms with van der Waals surface area (Å²) >= 11 is 0. The van der Waals surface area contributed by atoms with Crippen molar-refractivity contribution < 1.29 is 23.8 Å². The number of unbranched alkanes of at least 4 members (excludes halogenated alkanes) is 1. The van der Waals surface area contributed by atoms with Crippen molar-refractivity contribution in [2.24, 2.45) is 0 Å². The lowest BCUT2D eigenvalue weighted by Gasteiger charge is -2.27. The Labute approximate surface area is 233 Å². The van der Waals surface area contributed by atoms with E-state index in [1.807, 2.05) is 4.90 Å². The number of carbonyl (C=O) groups is 2. The number of rotatable bonds is 15. The van der Waals surface area contributed by atoms with Gasteiger partial charge in [0, 0.05) is 44.2 Å². The van der Waals surface area contributed by atoms with Crippen molar-refractivity contribution in [1.82, 2.24) is 19.8 Å².